The molecule has 0 radical (unpaired) electrons. The maximum absolute atomic E-state index is 12.5. The first-order valence-electron chi connectivity index (χ1n) is 10.2. The third-order valence-corrected chi connectivity index (χ3v) is 4.97. The van der Waals surface area contributed by atoms with E-state index in [9.17, 15) is 4.79 Å². The molecule has 32 heavy (non-hydrogen) atoms. The minimum absolute atomic E-state index is 0.238. The van der Waals surface area contributed by atoms with Crippen LogP contribution >= 0.6 is 0 Å². The molecule has 2 aromatic heterocycles. The number of aromatic nitrogens is 3. The molecule has 164 valence electrons. The van der Waals surface area contributed by atoms with Gasteiger partial charge < -0.3 is 19.5 Å². The summed E-state index contributed by atoms with van der Waals surface area (Å²) in [6.07, 6.45) is 2.40. The molecule has 0 saturated heterocycles. The lowest BCUT2D eigenvalue weighted by Crippen LogP contribution is -2.25. The molecular formula is C24H24N4O4. The molecule has 2 heterocycles. The van der Waals surface area contributed by atoms with Gasteiger partial charge in [0.05, 0.1) is 26.5 Å². The smallest absolute Gasteiger partial charge is 0.269 e. The summed E-state index contributed by atoms with van der Waals surface area (Å²) in [5.41, 5.74) is 2.53. The lowest BCUT2D eigenvalue weighted by Gasteiger charge is -2.09. The van der Waals surface area contributed by atoms with Crippen molar-refractivity contribution in [3.05, 3.63) is 66.5 Å². The van der Waals surface area contributed by atoms with Crippen molar-refractivity contribution in [2.24, 2.45) is 0 Å². The highest BCUT2D eigenvalue weighted by Crippen LogP contribution is 2.32. The van der Waals surface area contributed by atoms with E-state index in [1.54, 1.807) is 38.6 Å². The summed E-state index contributed by atoms with van der Waals surface area (Å²) in [6.45, 7) is 0.930. The number of nitrogens with one attached hydrogen (secondary N) is 2. The zero-order valence-electron chi connectivity index (χ0n) is 17.9. The third kappa shape index (κ3) is 4.64. The van der Waals surface area contributed by atoms with Gasteiger partial charge in [0, 0.05) is 23.7 Å². The number of carbonyl (C=O) groups is 1. The van der Waals surface area contributed by atoms with Crippen molar-refractivity contribution >= 4 is 16.8 Å². The summed E-state index contributed by atoms with van der Waals surface area (Å²) >= 11 is 0. The number of hydrogen-bond donors (Lipinski definition) is 2. The molecule has 8 nitrogen and oxygen atoms in total. The Morgan fingerprint density at radius 3 is 2.75 bits per heavy atom. The fourth-order valence-corrected chi connectivity index (χ4v) is 3.33. The number of hydrogen-bond acceptors (Lipinski definition) is 6. The molecule has 0 aliphatic heterocycles. The number of benzene rings is 2. The molecule has 1 amide bonds. The Labute approximate surface area is 185 Å². The van der Waals surface area contributed by atoms with E-state index in [1.165, 1.54) is 0 Å². The highest BCUT2D eigenvalue weighted by Gasteiger charge is 2.14. The second-order valence-electron chi connectivity index (χ2n) is 7.02. The van der Waals surface area contributed by atoms with Crippen molar-refractivity contribution < 1.29 is 19.0 Å². The molecule has 0 aliphatic rings. The van der Waals surface area contributed by atoms with Crippen LogP contribution in [0.3, 0.4) is 0 Å². The van der Waals surface area contributed by atoms with Gasteiger partial charge in [-0.2, -0.15) is 5.10 Å². The third-order valence-electron chi connectivity index (χ3n) is 4.97. The van der Waals surface area contributed by atoms with Crippen LogP contribution in [0.25, 0.3) is 22.2 Å². The number of carbonyl (C=O) groups excluding carboxylic acids is 1. The minimum atomic E-state index is -0.238. The van der Waals surface area contributed by atoms with Crippen molar-refractivity contribution in [2.45, 2.75) is 6.42 Å². The molecule has 4 aromatic rings. The van der Waals surface area contributed by atoms with E-state index >= 15 is 0 Å². The molecule has 2 aromatic carbocycles. The monoisotopic (exact) mass is 432 g/mol. The van der Waals surface area contributed by atoms with E-state index in [4.69, 9.17) is 14.2 Å². The van der Waals surface area contributed by atoms with Crippen molar-refractivity contribution in [3.8, 4) is 28.5 Å². The zero-order valence-corrected chi connectivity index (χ0v) is 17.9. The summed E-state index contributed by atoms with van der Waals surface area (Å²) in [7, 11) is 3.18. The molecular weight excluding hydrogens is 408 g/mol. The van der Waals surface area contributed by atoms with Gasteiger partial charge in [-0.1, -0.05) is 18.2 Å². The molecule has 0 atom stereocenters. The van der Waals surface area contributed by atoms with Gasteiger partial charge in [0.2, 0.25) is 0 Å². The van der Waals surface area contributed by atoms with Gasteiger partial charge in [-0.3, -0.25) is 14.9 Å². The average Bonchev–Trinajstić information content (AvgIpc) is 3.33. The predicted octanol–water partition coefficient (Wildman–Crippen LogP) is 3.84. The largest absolute Gasteiger partial charge is 0.497 e. The average molecular weight is 432 g/mol. The Kier molecular flexibility index (Phi) is 6.50. The first-order valence-corrected chi connectivity index (χ1v) is 10.2. The number of para-hydroxylation sites is 1. The fourth-order valence-electron chi connectivity index (χ4n) is 3.33. The number of methoxy groups -OCH3 is 2. The van der Waals surface area contributed by atoms with Crippen LogP contribution in [0.1, 0.15) is 16.9 Å². The number of pyridine rings is 1. The van der Waals surface area contributed by atoms with E-state index in [0.29, 0.717) is 42.5 Å². The number of H-pyrrole nitrogens is 1. The molecule has 8 heteroatoms. The van der Waals surface area contributed by atoms with Crippen molar-refractivity contribution in [1.29, 1.82) is 0 Å². The van der Waals surface area contributed by atoms with Crippen molar-refractivity contribution in [3.63, 3.8) is 0 Å². The molecule has 0 aliphatic carbocycles. The molecule has 0 spiro atoms. The second-order valence-corrected chi connectivity index (χ2v) is 7.02. The summed E-state index contributed by atoms with van der Waals surface area (Å²) in [5, 5.41) is 10.9. The highest BCUT2D eigenvalue weighted by atomic mass is 16.5. The number of aromatic amines is 1. The van der Waals surface area contributed by atoms with Crippen LogP contribution in [0.5, 0.6) is 17.2 Å². The standard InChI is InChI=1S/C24H24N4O4/c1-30-17-9-10-21(31-2)18(14-17)19-15-20(28-27-19)24(29)26-12-5-13-32-22-8-3-6-16-7-4-11-25-23(16)22/h3-4,6-11,14-15H,5,12-13H2,1-2H3,(H,26,29)(H,27,28). The number of amides is 1. The number of fused-ring (bicyclic) bond motifs is 1. The summed E-state index contributed by atoms with van der Waals surface area (Å²) in [6, 6.07) is 16.8. The van der Waals surface area contributed by atoms with E-state index in [2.05, 4.69) is 20.5 Å². The second kappa shape index (κ2) is 9.82. The van der Waals surface area contributed by atoms with Crippen LogP contribution in [0.15, 0.2) is 60.8 Å². The number of rotatable bonds is 9. The van der Waals surface area contributed by atoms with E-state index in [1.807, 2.05) is 36.4 Å². The Balaban J connectivity index is 1.31. The molecule has 0 saturated carbocycles. The van der Waals surface area contributed by atoms with Gasteiger partial charge in [-0.05, 0) is 42.8 Å². The maximum Gasteiger partial charge on any atom is 0.269 e. The van der Waals surface area contributed by atoms with Crippen LogP contribution in [0.2, 0.25) is 0 Å². The van der Waals surface area contributed by atoms with Gasteiger partial charge in [0.25, 0.3) is 5.91 Å². The van der Waals surface area contributed by atoms with E-state index < -0.39 is 0 Å². The van der Waals surface area contributed by atoms with Gasteiger partial charge >= 0.3 is 0 Å². The van der Waals surface area contributed by atoms with Crippen molar-refractivity contribution in [2.75, 3.05) is 27.4 Å². The highest BCUT2D eigenvalue weighted by molar-refractivity contribution is 5.93. The topological polar surface area (TPSA) is 98.4 Å². The Bertz CT molecular complexity index is 1220. The van der Waals surface area contributed by atoms with Gasteiger partial charge in [-0.15, -0.1) is 0 Å². The summed E-state index contributed by atoms with van der Waals surface area (Å²) in [5.74, 6) is 1.82. The first kappa shape index (κ1) is 21.2. The number of nitrogens with zero attached hydrogens (tertiary/aromatic N) is 2. The first-order chi connectivity index (χ1) is 15.7. The molecule has 0 unspecified atom stereocenters. The fraction of sp³-hybridized carbons (Fsp3) is 0.208. The molecule has 0 fully saturated rings. The SMILES string of the molecule is COc1ccc(OC)c(-c2cc(C(=O)NCCCOc3cccc4cccnc34)[nH]n2)c1. The molecule has 4 rings (SSSR count). The van der Waals surface area contributed by atoms with Gasteiger partial charge in [0.1, 0.15) is 28.5 Å². The molecule has 0 bridgehead atoms. The maximum atomic E-state index is 12.5. The Morgan fingerprint density at radius 2 is 1.91 bits per heavy atom. The van der Waals surface area contributed by atoms with Crippen LogP contribution in [0, 0.1) is 0 Å². The van der Waals surface area contributed by atoms with Gasteiger partial charge in [-0.25, -0.2) is 0 Å². The Morgan fingerprint density at radius 1 is 1.03 bits per heavy atom. The van der Waals surface area contributed by atoms with E-state index in [0.717, 1.165) is 22.2 Å². The van der Waals surface area contributed by atoms with E-state index in [-0.39, 0.29) is 5.91 Å². The lowest BCUT2D eigenvalue weighted by molar-refractivity contribution is 0.0946. The van der Waals surface area contributed by atoms with Crippen molar-refractivity contribution in [1.82, 2.24) is 20.5 Å². The molecule has 2 N–H and O–H groups in total. The normalized spacial score (nSPS) is 10.7. The van der Waals surface area contributed by atoms with Gasteiger partial charge in [0.15, 0.2) is 0 Å². The van der Waals surface area contributed by atoms with Crippen LogP contribution in [-0.2, 0) is 0 Å². The van der Waals surface area contributed by atoms with Crippen LogP contribution in [-0.4, -0.2) is 48.5 Å². The quantitative estimate of drug-likeness (QED) is 0.390. The zero-order chi connectivity index (χ0) is 22.3. The van der Waals surface area contributed by atoms with Crippen LogP contribution in [0.4, 0.5) is 0 Å². The Hall–Kier alpha value is -4.07. The predicted molar refractivity (Wildman–Crippen MR) is 121 cm³/mol. The summed E-state index contributed by atoms with van der Waals surface area (Å²) in [4.78, 5) is 16.9. The van der Waals surface area contributed by atoms with Crippen LogP contribution < -0.4 is 19.5 Å². The minimum Gasteiger partial charge on any atom is -0.497 e. The number of ether oxygens (including phenoxy) is 3. The lowest BCUT2D eigenvalue weighted by atomic mass is 10.1. The summed E-state index contributed by atoms with van der Waals surface area (Å²) < 4.78 is 16.5.